The molecule has 1 heterocycles. The molecular formula is C24H20N2O5S. The first-order chi connectivity index (χ1) is 15.5. The second kappa shape index (κ2) is 9.25. The van der Waals surface area contributed by atoms with E-state index in [0.717, 1.165) is 15.5 Å². The Morgan fingerprint density at radius 2 is 1.78 bits per heavy atom. The van der Waals surface area contributed by atoms with E-state index in [1.54, 1.807) is 36.3 Å². The molecule has 1 aliphatic rings. The Kier molecular flexibility index (Phi) is 6.25. The lowest BCUT2D eigenvalue weighted by Crippen LogP contribution is -2.33. The topological polar surface area (TPSA) is 95.9 Å². The standard InChI is InChI=1S/C24H20N2O5S/c1-31-12-11-26-19-10-9-17(25-22(27)15-5-4-6-16(13-15)24(29)30)14-21(19)32-20-8-3-2-7-18(20)23(26)28/h2-10,13-14H,11-12H2,1H3,(H,25,27)(H,29,30). The van der Waals surface area contributed by atoms with Crippen molar-refractivity contribution in [3.63, 3.8) is 0 Å². The molecule has 0 aromatic heterocycles. The fraction of sp³-hybridized carbons (Fsp3) is 0.125. The number of aromatic carboxylic acids is 1. The molecule has 7 nitrogen and oxygen atoms in total. The zero-order valence-corrected chi connectivity index (χ0v) is 18.0. The Morgan fingerprint density at radius 1 is 1.00 bits per heavy atom. The van der Waals surface area contributed by atoms with E-state index < -0.39 is 11.9 Å². The molecule has 0 saturated carbocycles. The van der Waals surface area contributed by atoms with Gasteiger partial charge in [-0.15, -0.1) is 0 Å². The van der Waals surface area contributed by atoms with Gasteiger partial charge in [-0.1, -0.05) is 30.0 Å². The zero-order chi connectivity index (χ0) is 22.7. The Bertz CT molecular complexity index is 1210. The van der Waals surface area contributed by atoms with Gasteiger partial charge in [0, 0.05) is 34.7 Å². The average molecular weight is 449 g/mol. The summed E-state index contributed by atoms with van der Waals surface area (Å²) < 4.78 is 5.19. The first kappa shape index (κ1) is 21.6. The van der Waals surface area contributed by atoms with E-state index in [4.69, 9.17) is 9.84 Å². The normalized spacial score (nSPS) is 12.5. The van der Waals surface area contributed by atoms with Gasteiger partial charge in [0.25, 0.3) is 11.8 Å². The van der Waals surface area contributed by atoms with Gasteiger partial charge in [0.1, 0.15) is 0 Å². The number of fused-ring (bicyclic) bond motifs is 2. The quantitative estimate of drug-likeness (QED) is 0.581. The highest BCUT2D eigenvalue weighted by molar-refractivity contribution is 7.99. The van der Waals surface area contributed by atoms with Crippen molar-refractivity contribution in [2.45, 2.75) is 9.79 Å². The van der Waals surface area contributed by atoms with Crippen molar-refractivity contribution in [1.29, 1.82) is 0 Å². The fourth-order valence-corrected chi connectivity index (χ4v) is 4.52. The van der Waals surface area contributed by atoms with Crippen molar-refractivity contribution in [2.24, 2.45) is 0 Å². The van der Waals surface area contributed by atoms with Gasteiger partial charge in [-0.3, -0.25) is 9.59 Å². The van der Waals surface area contributed by atoms with Gasteiger partial charge in [0.2, 0.25) is 0 Å². The number of nitrogens with zero attached hydrogens (tertiary/aromatic N) is 1. The Morgan fingerprint density at radius 3 is 2.56 bits per heavy atom. The third-order valence-corrected chi connectivity index (χ3v) is 6.10. The Hall–Kier alpha value is -3.62. The molecule has 3 aromatic rings. The van der Waals surface area contributed by atoms with Crippen LogP contribution in [-0.2, 0) is 4.74 Å². The minimum atomic E-state index is -1.10. The fourth-order valence-electron chi connectivity index (χ4n) is 3.40. The molecule has 0 fully saturated rings. The summed E-state index contributed by atoms with van der Waals surface area (Å²) in [5.74, 6) is -1.62. The maximum Gasteiger partial charge on any atom is 0.335 e. The predicted molar refractivity (Wildman–Crippen MR) is 122 cm³/mol. The first-order valence-electron chi connectivity index (χ1n) is 9.84. The molecular weight excluding hydrogens is 428 g/mol. The lowest BCUT2D eigenvalue weighted by Gasteiger charge is -2.23. The second-order valence-electron chi connectivity index (χ2n) is 7.07. The number of nitrogens with one attached hydrogen (secondary N) is 1. The molecule has 1 aliphatic heterocycles. The largest absolute Gasteiger partial charge is 0.478 e. The number of carboxylic acid groups (broad SMARTS) is 1. The highest BCUT2D eigenvalue weighted by atomic mass is 32.2. The van der Waals surface area contributed by atoms with Crippen molar-refractivity contribution in [3.8, 4) is 0 Å². The molecule has 3 aromatic carbocycles. The van der Waals surface area contributed by atoms with Gasteiger partial charge in [-0.25, -0.2) is 4.79 Å². The summed E-state index contributed by atoms with van der Waals surface area (Å²) >= 11 is 1.46. The monoisotopic (exact) mass is 448 g/mol. The maximum atomic E-state index is 13.2. The summed E-state index contributed by atoms with van der Waals surface area (Å²) in [4.78, 5) is 40.4. The van der Waals surface area contributed by atoms with Crippen molar-refractivity contribution < 1.29 is 24.2 Å². The molecule has 0 atom stereocenters. The van der Waals surface area contributed by atoms with E-state index >= 15 is 0 Å². The molecule has 0 unspecified atom stereocenters. The smallest absolute Gasteiger partial charge is 0.335 e. The SMILES string of the molecule is COCCN1C(=O)c2ccccc2Sc2cc(NC(=O)c3cccc(C(=O)O)c3)ccc21. The average Bonchev–Trinajstić information content (AvgIpc) is 2.91. The van der Waals surface area contributed by atoms with Crippen LogP contribution in [-0.4, -0.2) is 43.2 Å². The van der Waals surface area contributed by atoms with Crippen LogP contribution in [0.3, 0.4) is 0 Å². The van der Waals surface area contributed by atoms with Crippen LogP contribution in [0.5, 0.6) is 0 Å². The number of rotatable bonds is 6. The number of hydrogen-bond donors (Lipinski definition) is 2. The molecule has 0 saturated heterocycles. The number of carbonyl (C=O) groups excluding carboxylic acids is 2. The molecule has 32 heavy (non-hydrogen) atoms. The van der Waals surface area contributed by atoms with Gasteiger partial charge >= 0.3 is 5.97 Å². The highest BCUT2D eigenvalue weighted by Crippen LogP contribution is 2.42. The summed E-state index contributed by atoms with van der Waals surface area (Å²) in [5.41, 5.74) is 2.18. The Balaban J connectivity index is 1.67. The molecule has 0 spiro atoms. The van der Waals surface area contributed by atoms with Crippen molar-refractivity contribution in [2.75, 3.05) is 30.5 Å². The van der Waals surface area contributed by atoms with Gasteiger partial charge < -0.3 is 20.1 Å². The summed E-state index contributed by atoms with van der Waals surface area (Å²) in [6, 6.07) is 18.6. The Labute approximate surface area is 189 Å². The van der Waals surface area contributed by atoms with Crippen molar-refractivity contribution in [3.05, 3.63) is 83.4 Å². The maximum absolute atomic E-state index is 13.2. The number of methoxy groups -OCH3 is 1. The van der Waals surface area contributed by atoms with Gasteiger partial charge in [-0.05, 0) is 48.5 Å². The molecule has 0 bridgehead atoms. The summed E-state index contributed by atoms with van der Waals surface area (Å²) in [6.07, 6.45) is 0. The number of anilines is 2. The molecule has 4 rings (SSSR count). The van der Waals surface area contributed by atoms with Crippen LogP contribution < -0.4 is 10.2 Å². The van der Waals surface area contributed by atoms with Gasteiger partial charge in [-0.2, -0.15) is 0 Å². The summed E-state index contributed by atoms with van der Waals surface area (Å²) in [6.45, 7) is 0.779. The van der Waals surface area contributed by atoms with Crippen LogP contribution in [0.1, 0.15) is 31.1 Å². The van der Waals surface area contributed by atoms with E-state index in [9.17, 15) is 14.4 Å². The molecule has 2 N–H and O–H groups in total. The van der Waals surface area contributed by atoms with E-state index in [-0.39, 0.29) is 17.0 Å². The summed E-state index contributed by atoms with van der Waals surface area (Å²) in [7, 11) is 1.59. The minimum Gasteiger partial charge on any atom is -0.478 e. The number of carbonyl (C=O) groups is 3. The van der Waals surface area contributed by atoms with E-state index in [1.807, 2.05) is 24.3 Å². The van der Waals surface area contributed by atoms with Crippen LogP contribution >= 0.6 is 11.8 Å². The van der Waals surface area contributed by atoms with E-state index in [0.29, 0.717) is 24.4 Å². The van der Waals surface area contributed by atoms with Crippen LogP contribution in [0, 0.1) is 0 Å². The highest BCUT2D eigenvalue weighted by Gasteiger charge is 2.27. The lowest BCUT2D eigenvalue weighted by atomic mass is 10.1. The number of benzene rings is 3. The molecule has 2 amide bonds. The van der Waals surface area contributed by atoms with Gasteiger partial charge in [0.15, 0.2) is 0 Å². The van der Waals surface area contributed by atoms with E-state index in [1.165, 1.54) is 30.0 Å². The number of carboxylic acids is 1. The number of hydrogen-bond acceptors (Lipinski definition) is 5. The first-order valence-corrected chi connectivity index (χ1v) is 10.7. The van der Waals surface area contributed by atoms with E-state index in [2.05, 4.69) is 5.32 Å². The molecule has 0 aliphatic carbocycles. The van der Waals surface area contributed by atoms with Crippen LogP contribution in [0.4, 0.5) is 11.4 Å². The second-order valence-corrected chi connectivity index (χ2v) is 8.15. The molecule has 8 heteroatoms. The molecule has 162 valence electrons. The molecule has 0 radical (unpaired) electrons. The zero-order valence-electron chi connectivity index (χ0n) is 17.2. The number of amides is 2. The minimum absolute atomic E-state index is 0.0408. The van der Waals surface area contributed by atoms with Crippen LogP contribution in [0.2, 0.25) is 0 Å². The van der Waals surface area contributed by atoms with Crippen molar-refractivity contribution >= 4 is 40.9 Å². The third kappa shape index (κ3) is 4.37. The van der Waals surface area contributed by atoms with Crippen LogP contribution in [0.15, 0.2) is 76.5 Å². The number of ether oxygens (including phenoxy) is 1. The predicted octanol–water partition coefficient (Wildman–Crippen LogP) is 4.39. The lowest BCUT2D eigenvalue weighted by molar-refractivity contribution is 0.0696. The van der Waals surface area contributed by atoms with Crippen molar-refractivity contribution in [1.82, 2.24) is 0 Å². The van der Waals surface area contributed by atoms with Gasteiger partial charge in [0.05, 0.1) is 23.4 Å². The van der Waals surface area contributed by atoms with Crippen LogP contribution in [0.25, 0.3) is 0 Å². The summed E-state index contributed by atoms with van der Waals surface area (Å²) in [5, 5.41) is 12.0. The third-order valence-electron chi connectivity index (χ3n) is 4.98.